The molecule has 0 atom stereocenters. The summed E-state index contributed by atoms with van der Waals surface area (Å²) >= 11 is 0. The van der Waals surface area contributed by atoms with Crippen LogP contribution < -0.4 is 5.73 Å². The lowest BCUT2D eigenvalue weighted by Gasteiger charge is -2.26. The Hall–Kier alpha value is -0.730. The average Bonchev–Trinajstić information content (AvgIpc) is 2.27. The number of nitrogens with two attached hydrogens (primary N) is 1. The van der Waals surface area contributed by atoms with Crippen LogP contribution in [0.1, 0.15) is 47.0 Å². The lowest BCUT2D eigenvalue weighted by atomic mass is 10.0. The molecule has 15 heavy (non-hydrogen) atoms. The van der Waals surface area contributed by atoms with E-state index in [1.807, 2.05) is 0 Å². The van der Waals surface area contributed by atoms with Crippen molar-refractivity contribution in [3.8, 4) is 0 Å². The first kappa shape index (κ1) is 14.3. The molecule has 0 aliphatic carbocycles. The van der Waals surface area contributed by atoms with Crippen molar-refractivity contribution in [2.75, 3.05) is 19.6 Å². The predicted octanol–water partition coefficient (Wildman–Crippen LogP) is 2.47. The molecule has 0 spiro atoms. The fourth-order valence-electron chi connectivity index (χ4n) is 1.57. The Morgan fingerprint density at radius 2 is 1.80 bits per heavy atom. The lowest BCUT2D eigenvalue weighted by molar-refractivity contribution is 0.331. The van der Waals surface area contributed by atoms with Crippen molar-refractivity contribution in [2.45, 2.75) is 47.0 Å². The van der Waals surface area contributed by atoms with Gasteiger partial charge in [-0.2, -0.15) is 0 Å². The summed E-state index contributed by atoms with van der Waals surface area (Å²) in [6.07, 6.45) is 3.49. The van der Waals surface area contributed by atoms with Crippen LogP contribution in [-0.4, -0.2) is 30.5 Å². The second-order valence-corrected chi connectivity index (χ2v) is 3.96. The first-order chi connectivity index (χ1) is 7.19. The summed E-state index contributed by atoms with van der Waals surface area (Å²) in [5, 5.41) is 0. The van der Waals surface area contributed by atoms with Crippen molar-refractivity contribution < 1.29 is 0 Å². The van der Waals surface area contributed by atoms with Gasteiger partial charge in [-0.3, -0.25) is 4.99 Å². The summed E-state index contributed by atoms with van der Waals surface area (Å²) in [7, 11) is 0. The van der Waals surface area contributed by atoms with E-state index in [0.29, 0.717) is 5.96 Å². The van der Waals surface area contributed by atoms with Gasteiger partial charge in [-0.1, -0.05) is 33.6 Å². The summed E-state index contributed by atoms with van der Waals surface area (Å²) in [5.41, 5.74) is 5.95. The smallest absolute Gasteiger partial charge is 0.191 e. The Labute approximate surface area is 94.7 Å². The first-order valence-corrected chi connectivity index (χ1v) is 6.24. The van der Waals surface area contributed by atoms with E-state index in [2.05, 4.69) is 37.6 Å². The van der Waals surface area contributed by atoms with E-state index in [0.717, 1.165) is 32.0 Å². The Bertz CT molecular complexity index is 174. The van der Waals surface area contributed by atoms with Gasteiger partial charge in [0.2, 0.25) is 0 Å². The highest BCUT2D eigenvalue weighted by Gasteiger charge is 2.11. The number of nitrogens with zero attached hydrogens (tertiary/aromatic N) is 2. The maximum absolute atomic E-state index is 5.95. The van der Waals surface area contributed by atoms with Crippen LogP contribution in [0.5, 0.6) is 0 Å². The van der Waals surface area contributed by atoms with E-state index in [1.165, 1.54) is 12.8 Å². The van der Waals surface area contributed by atoms with Gasteiger partial charge in [0.15, 0.2) is 5.96 Å². The molecular weight excluding hydrogens is 186 g/mol. The highest BCUT2D eigenvalue weighted by molar-refractivity contribution is 5.78. The zero-order valence-electron chi connectivity index (χ0n) is 10.8. The third-order valence-electron chi connectivity index (χ3n) is 2.84. The molecule has 0 amide bonds. The molecule has 3 nitrogen and oxygen atoms in total. The zero-order chi connectivity index (χ0) is 11.7. The van der Waals surface area contributed by atoms with E-state index in [4.69, 9.17) is 5.73 Å². The molecule has 0 fully saturated rings. The molecule has 0 aliphatic heterocycles. The van der Waals surface area contributed by atoms with E-state index in [1.54, 1.807) is 0 Å². The molecule has 90 valence electrons. The standard InChI is InChI=1S/C12H27N3/c1-5-9-14-12(13)15(8-4)10-11(6-2)7-3/h11H,5-10H2,1-4H3,(H2,13,14). The third-order valence-corrected chi connectivity index (χ3v) is 2.84. The largest absolute Gasteiger partial charge is 0.370 e. The summed E-state index contributed by atoms with van der Waals surface area (Å²) < 4.78 is 0. The molecular formula is C12H27N3. The molecule has 0 bridgehead atoms. The van der Waals surface area contributed by atoms with Crippen molar-refractivity contribution >= 4 is 5.96 Å². The molecule has 0 heterocycles. The van der Waals surface area contributed by atoms with Crippen LogP contribution in [0.3, 0.4) is 0 Å². The molecule has 0 aromatic rings. The third kappa shape index (κ3) is 5.65. The van der Waals surface area contributed by atoms with Crippen molar-refractivity contribution in [1.82, 2.24) is 4.90 Å². The molecule has 0 radical (unpaired) electrons. The van der Waals surface area contributed by atoms with Crippen LogP contribution in [0.25, 0.3) is 0 Å². The minimum atomic E-state index is 0.714. The Morgan fingerprint density at radius 1 is 1.20 bits per heavy atom. The number of aliphatic imine (C=N–C) groups is 1. The van der Waals surface area contributed by atoms with Gasteiger partial charge >= 0.3 is 0 Å². The van der Waals surface area contributed by atoms with Crippen LogP contribution in [0.15, 0.2) is 4.99 Å². The number of hydrogen-bond donors (Lipinski definition) is 1. The average molecular weight is 213 g/mol. The van der Waals surface area contributed by atoms with Gasteiger partial charge in [-0.05, 0) is 19.3 Å². The normalized spacial score (nSPS) is 12.2. The minimum Gasteiger partial charge on any atom is -0.370 e. The van der Waals surface area contributed by atoms with Crippen LogP contribution in [0.2, 0.25) is 0 Å². The van der Waals surface area contributed by atoms with Crippen LogP contribution >= 0.6 is 0 Å². The molecule has 0 aromatic carbocycles. The van der Waals surface area contributed by atoms with Gasteiger partial charge in [-0.15, -0.1) is 0 Å². The monoisotopic (exact) mass is 213 g/mol. The highest BCUT2D eigenvalue weighted by Crippen LogP contribution is 2.09. The van der Waals surface area contributed by atoms with Crippen LogP contribution in [-0.2, 0) is 0 Å². The minimum absolute atomic E-state index is 0.714. The summed E-state index contributed by atoms with van der Waals surface area (Å²) in [5.74, 6) is 1.45. The van der Waals surface area contributed by atoms with Gasteiger partial charge in [0.05, 0.1) is 0 Å². The summed E-state index contributed by atoms with van der Waals surface area (Å²) in [4.78, 5) is 6.54. The fourth-order valence-corrected chi connectivity index (χ4v) is 1.57. The number of rotatable bonds is 7. The molecule has 2 N–H and O–H groups in total. The van der Waals surface area contributed by atoms with Crippen LogP contribution in [0.4, 0.5) is 0 Å². The van der Waals surface area contributed by atoms with Crippen LogP contribution in [0, 0.1) is 5.92 Å². The van der Waals surface area contributed by atoms with Crippen molar-refractivity contribution in [1.29, 1.82) is 0 Å². The van der Waals surface area contributed by atoms with E-state index < -0.39 is 0 Å². The molecule has 0 rings (SSSR count). The van der Waals surface area contributed by atoms with Gasteiger partial charge in [0.25, 0.3) is 0 Å². The maximum Gasteiger partial charge on any atom is 0.191 e. The van der Waals surface area contributed by atoms with Crippen molar-refractivity contribution in [2.24, 2.45) is 16.6 Å². The molecule has 0 unspecified atom stereocenters. The number of hydrogen-bond acceptors (Lipinski definition) is 1. The fraction of sp³-hybridized carbons (Fsp3) is 0.917. The highest BCUT2D eigenvalue weighted by atomic mass is 15.2. The summed E-state index contributed by atoms with van der Waals surface area (Å²) in [6, 6.07) is 0. The second-order valence-electron chi connectivity index (χ2n) is 3.96. The molecule has 3 heteroatoms. The van der Waals surface area contributed by atoms with Gasteiger partial charge in [-0.25, -0.2) is 0 Å². The van der Waals surface area contributed by atoms with Gasteiger partial charge in [0, 0.05) is 19.6 Å². The summed E-state index contributed by atoms with van der Waals surface area (Å²) in [6.45, 7) is 11.6. The van der Waals surface area contributed by atoms with E-state index in [9.17, 15) is 0 Å². The SMILES string of the molecule is CCCN=C(N)N(CC)CC(CC)CC. The van der Waals surface area contributed by atoms with E-state index in [-0.39, 0.29) is 0 Å². The topological polar surface area (TPSA) is 41.6 Å². The predicted molar refractivity (Wildman–Crippen MR) is 68.1 cm³/mol. The Kier molecular flexibility index (Phi) is 8.15. The Morgan fingerprint density at radius 3 is 2.20 bits per heavy atom. The molecule has 0 aromatic heterocycles. The maximum atomic E-state index is 5.95. The van der Waals surface area contributed by atoms with Crippen molar-refractivity contribution in [3.05, 3.63) is 0 Å². The number of guanidine groups is 1. The second kappa shape index (κ2) is 8.57. The molecule has 0 aliphatic rings. The van der Waals surface area contributed by atoms with E-state index >= 15 is 0 Å². The lowest BCUT2D eigenvalue weighted by Crippen LogP contribution is -2.40. The molecule has 0 saturated heterocycles. The Balaban J connectivity index is 4.21. The quantitative estimate of drug-likeness (QED) is 0.521. The van der Waals surface area contributed by atoms with Gasteiger partial charge < -0.3 is 10.6 Å². The van der Waals surface area contributed by atoms with Crippen molar-refractivity contribution in [3.63, 3.8) is 0 Å². The zero-order valence-corrected chi connectivity index (χ0v) is 10.8. The first-order valence-electron chi connectivity index (χ1n) is 6.24. The van der Waals surface area contributed by atoms with Gasteiger partial charge in [0.1, 0.15) is 0 Å². The molecule has 0 saturated carbocycles.